The molecule has 4 nitrogen and oxygen atoms in total. The first kappa shape index (κ1) is 17.8. The average Bonchev–Trinajstić information content (AvgIpc) is 3.10. The number of likely N-dealkylation sites (tertiary alicyclic amines) is 1. The summed E-state index contributed by atoms with van der Waals surface area (Å²) < 4.78 is 5.13. The van der Waals surface area contributed by atoms with Crippen LogP contribution in [-0.4, -0.2) is 41.2 Å². The van der Waals surface area contributed by atoms with Crippen LogP contribution in [0.25, 0.3) is 0 Å². The van der Waals surface area contributed by atoms with Gasteiger partial charge in [-0.2, -0.15) is 0 Å². The highest BCUT2D eigenvalue weighted by molar-refractivity contribution is 8.03. The number of amides is 1. The molecule has 3 aliphatic rings. The third-order valence-electron chi connectivity index (χ3n) is 5.80. The monoisotopic (exact) mass is 351 g/mol. The number of ether oxygens (including phenoxy) is 1. The van der Waals surface area contributed by atoms with Gasteiger partial charge >= 0.3 is 5.97 Å². The minimum atomic E-state index is -0.166. The molecule has 4 unspecified atom stereocenters. The summed E-state index contributed by atoms with van der Waals surface area (Å²) >= 11 is 1.62. The fourth-order valence-electron chi connectivity index (χ4n) is 4.40. The second-order valence-electron chi connectivity index (χ2n) is 7.32. The van der Waals surface area contributed by atoms with Crippen LogP contribution in [0.15, 0.2) is 11.0 Å². The number of piperidine rings is 1. The maximum absolute atomic E-state index is 13.0. The van der Waals surface area contributed by atoms with E-state index in [0.29, 0.717) is 25.0 Å². The normalized spacial score (nSPS) is 31.2. The molecule has 0 bridgehead atoms. The first-order valence-electron chi connectivity index (χ1n) is 9.44. The SMILES string of the molecule is CCOC(=O)C(C)C1CC(C(=O)N2CCCC3CCCCC32)=CS1. The van der Waals surface area contributed by atoms with Crippen molar-refractivity contribution in [2.24, 2.45) is 11.8 Å². The lowest BCUT2D eigenvalue weighted by Crippen LogP contribution is -2.50. The van der Waals surface area contributed by atoms with Crippen molar-refractivity contribution in [2.75, 3.05) is 13.2 Å². The fourth-order valence-corrected chi connectivity index (χ4v) is 5.56. The zero-order valence-electron chi connectivity index (χ0n) is 14.8. The van der Waals surface area contributed by atoms with E-state index in [1.807, 2.05) is 19.3 Å². The fraction of sp³-hybridized carbons (Fsp3) is 0.789. The molecule has 2 fully saturated rings. The molecule has 0 aromatic rings. The molecule has 4 atom stereocenters. The van der Waals surface area contributed by atoms with E-state index in [0.717, 1.165) is 18.5 Å². The lowest BCUT2D eigenvalue weighted by Gasteiger charge is -2.44. The lowest BCUT2D eigenvalue weighted by molar-refractivity contribution is -0.147. The number of fused-ring (bicyclic) bond motifs is 1. The summed E-state index contributed by atoms with van der Waals surface area (Å²) in [5.74, 6) is 0.612. The van der Waals surface area contributed by atoms with Gasteiger partial charge in [0.05, 0.1) is 12.5 Å². The van der Waals surface area contributed by atoms with Crippen molar-refractivity contribution in [3.63, 3.8) is 0 Å². The Morgan fingerprint density at radius 1 is 1.29 bits per heavy atom. The van der Waals surface area contributed by atoms with Crippen molar-refractivity contribution in [3.8, 4) is 0 Å². The summed E-state index contributed by atoms with van der Waals surface area (Å²) in [6.07, 6.45) is 8.13. The van der Waals surface area contributed by atoms with Crippen LogP contribution in [0.3, 0.4) is 0 Å². The molecule has 0 spiro atoms. The summed E-state index contributed by atoms with van der Waals surface area (Å²) in [5, 5.41) is 2.13. The van der Waals surface area contributed by atoms with Crippen molar-refractivity contribution >= 4 is 23.6 Å². The summed E-state index contributed by atoms with van der Waals surface area (Å²) in [7, 11) is 0. The van der Waals surface area contributed by atoms with Crippen molar-refractivity contribution in [1.82, 2.24) is 4.90 Å². The summed E-state index contributed by atoms with van der Waals surface area (Å²) in [6, 6.07) is 0.451. The molecule has 3 rings (SSSR count). The maximum Gasteiger partial charge on any atom is 0.309 e. The van der Waals surface area contributed by atoms with Gasteiger partial charge in [-0.15, -0.1) is 11.8 Å². The van der Waals surface area contributed by atoms with Crippen LogP contribution in [0, 0.1) is 11.8 Å². The number of hydrogen-bond acceptors (Lipinski definition) is 4. The third-order valence-corrected chi connectivity index (χ3v) is 7.15. The molecular weight excluding hydrogens is 322 g/mol. The van der Waals surface area contributed by atoms with Crippen molar-refractivity contribution < 1.29 is 14.3 Å². The van der Waals surface area contributed by atoms with Gasteiger partial charge in [0.25, 0.3) is 5.91 Å². The van der Waals surface area contributed by atoms with E-state index in [9.17, 15) is 9.59 Å². The van der Waals surface area contributed by atoms with Crippen molar-refractivity contribution in [3.05, 3.63) is 11.0 Å². The number of esters is 1. The van der Waals surface area contributed by atoms with Gasteiger partial charge in [0.15, 0.2) is 0 Å². The highest BCUT2D eigenvalue weighted by atomic mass is 32.2. The third kappa shape index (κ3) is 3.66. The minimum absolute atomic E-state index is 0.134. The molecule has 1 saturated carbocycles. The predicted octanol–water partition coefficient (Wildman–Crippen LogP) is 3.76. The molecule has 1 amide bonds. The second kappa shape index (κ2) is 7.94. The molecule has 1 aliphatic carbocycles. The Labute approximate surface area is 149 Å². The van der Waals surface area contributed by atoms with Crippen molar-refractivity contribution in [2.45, 2.75) is 70.1 Å². The van der Waals surface area contributed by atoms with Crippen LogP contribution in [-0.2, 0) is 14.3 Å². The highest BCUT2D eigenvalue weighted by Crippen LogP contribution is 2.40. The zero-order chi connectivity index (χ0) is 17.1. The van der Waals surface area contributed by atoms with Gasteiger partial charge in [-0.1, -0.05) is 19.8 Å². The topological polar surface area (TPSA) is 46.6 Å². The number of rotatable bonds is 4. The molecule has 2 aliphatic heterocycles. The Morgan fingerprint density at radius 3 is 2.83 bits per heavy atom. The number of hydrogen-bond donors (Lipinski definition) is 0. The minimum Gasteiger partial charge on any atom is -0.466 e. The quantitative estimate of drug-likeness (QED) is 0.724. The lowest BCUT2D eigenvalue weighted by atomic mass is 9.78. The molecule has 1 saturated heterocycles. The number of nitrogens with zero attached hydrogens (tertiary/aromatic N) is 1. The van der Waals surface area contributed by atoms with Crippen LogP contribution in [0.4, 0.5) is 0 Å². The molecule has 0 N–H and O–H groups in total. The van der Waals surface area contributed by atoms with E-state index < -0.39 is 0 Å². The van der Waals surface area contributed by atoms with Crippen LogP contribution >= 0.6 is 11.8 Å². The first-order valence-corrected chi connectivity index (χ1v) is 10.4. The number of thioether (sulfide) groups is 1. The number of carbonyl (C=O) groups is 2. The maximum atomic E-state index is 13.0. The van der Waals surface area contributed by atoms with Crippen LogP contribution in [0.5, 0.6) is 0 Å². The van der Waals surface area contributed by atoms with Gasteiger partial charge in [0, 0.05) is 23.4 Å². The standard InChI is InChI=1S/C19H29NO3S/c1-3-23-19(22)13(2)17-11-15(12-24-17)18(21)20-10-6-8-14-7-4-5-9-16(14)20/h12-14,16-17H,3-11H2,1-2H3. The van der Waals surface area contributed by atoms with Crippen LogP contribution in [0.1, 0.15) is 58.8 Å². The van der Waals surface area contributed by atoms with E-state index >= 15 is 0 Å². The average molecular weight is 352 g/mol. The van der Waals surface area contributed by atoms with E-state index in [-0.39, 0.29) is 23.0 Å². The van der Waals surface area contributed by atoms with Gasteiger partial charge in [-0.3, -0.25) is 9.59 Å². The van der Waals surface area contributed by atoms with Gasteiger partial charge in [0.2, 0.25) is 0 Å². The van der Waals surface area contributed by atoms with Gasteiger partial charge < -0.3 is 9.64 Å². The second-order valence-corrected chi connectivity index (χ2v) is 8.43. The molecule has 0 radical (unpaired) electrons. The first-order chi connectivity index (χ1) is 11.6. The Morgan fingerprint density at radius 2 is 2.04 bits per heavy atom. The van der Waals surface area contributed by atoms with E-state index in [1.54, 1.807) is 11.8 Å². The summed E-state index contributed by atoms with van der Waals surface area (Å²) in [6.45, 7) is 5.06. The Kier molecular flexibility index (Phi) is 5.90. The molecule has 24 heavy (non-hydrogen) atoms. The largest absolute Gasteiger partial charge is 0.466 e. The van der Waals surface area contributed by atoms with E-state index in [1.165, 1.54) is 32.1 Å². The molecule has 2 heterocycles. The molecule has 0 aromatic carbocycles. The molecule has 134 valence electrons. The summed E-state index contributed by atoms with van der Waals surface area (Å²) in [4.78, 5) is 27.1. The molecule has 5 heteroatoms. The van der Waals surface area contributed by atoms with Gasteiger partial charge in [-0.25, -0.2) is 0 Å². The Hall–Kier alpha value is -0.970. The smallest absolute Gasteiger partial charge is 0.309 e. The Bertz CT molecular complexity index is 517. The number of carbonyl (C=O) groups excluding carboxylic acids is 2. The Balaban J connectivity index is 1.60. The van der Waals surface area contributed by atoms with Crippen LogP contribution in [0.2, 0.25) is 0 Å². The van der Waals surface area contributed by atoms with Crippen molar-refractivity contribution in [1.29, 1.82) is 0 Å². The predicted molar refractivity (Wildman–Crippen MR) is 96.6 cm³/mol. The highest BCUT2D eigenvalue weighted by Gasteiger charge is 2.39. The van der Waals surface area contributed by atoms with Gasteiger partial charge in [0.1, 0.15) is 0 Å². The summed E-state index contributed by atoms with van der Waals surface area (Å²) in [5.41, 5.74) is 0.896. The van der Waals surface area contributed by atoms with Crippen LogP contribution < -0.4 is 0 Å². The van der Waals surface area contributed by atoms with E-state index in [2.05, 4.69) is 4.90 Å². The van der Waals surface area contributed by atoms with Gasteiger partial charge in [-0.05, 0) is 50.4 Å². The molecule has 0 aromatic heterocycles. The van der Waals surface area contributed by atoms with E-state index in [4.69, 9.17) is 4.74 Å². The zero-order valence-corrected chi connectivity index (χ0v) is 15.6. The molecular formula is C19H29NO3S.